The number of hydrogen-bond donors (Lipinski definition) is 3. The van der Waals surface area contributed by atoms with Gasteiger partial charge in [0, 0.05) is 19.8 Å². The summed E-state index contributed by atoms with van der Waals surface area (Å²) in [6, 6.07) is 13.3. The van der Waals surface area contributed by atoms with E-state index in [1.165, 1.54) is 6.92 Å². The van der Waals surface area contributed by atoms with Crippen molar-refractivity contribution in [3.63, 3.8) is 0 Å². The smallest absolute Gasteiger partial charge is 0.376 e. The second kappa shape index (κ2) is 8.43. The number of fused-ring (bicyclic) bond motifs is 1. The fourth-order valence-electron chi connectivity index (χ4n) is 4.32. The third-order valence-electron chi connectivity index (χ3n) is 5.83. The third kappa shape index (κ3) is 4.13. The summed E-state index contributed by atoms with van der Waals surface area (Å²) < 4.78 is 41.7. The SMILES string of the molecule is CC1=C(C(=O)Nc2ccccc2N(C)C)C(=O)N2NC(C(F)(F)F)C(c3ccccc3)C2N1. The number of nitrogens with zero attached hydrogens (tertiary/aromatic N) is 2. The van der Waals surface area contributed by atoms with Crippen LogP contribution in [0.3, 0.4) is 0 Å². The molecule has 0 aromatic heterocycles. The van der Waals surface area contributed by atoms with E-state index in [1.54, 1.807) is 53.4 Å². The van der Waals surface area contributed by atoms with Crippen molar-refractivity contribution < 1.29 is 22.8 Å². The van der Waals surface area contributed by atoms with E-state index < -0.39 is 36.1 Å². The van der Waals surface area contributed by atoms with Crippen molar-refractivity contribution in [2.24, 2.45) is 0 Å². The zero-order chi connectivity index (χ0) is 23.9. The van der Waals surface area contributed by atoms with Gasteiger partial charge in [-0.1, -0.05) is 42.5 Å². The molecule has 3 N–H and O–H groups in total. The molecule has 2 heterocycles. The predicted molar refractivity (Wildman–Crippen MR) is 118 cm³/mol. The van der Waals surface area contributed by atoms with E-state index in [0.29, 0.717) is 11.3 Å². The molecule has 1 saturated heterocycles. The number of benzene rings is 2. The summed E-state index contributed by atoms with van der Waals surface area (Å²) in [5, 5.41) is 6.56. The molecule has 2 aliphatic rings. The average molecular weight is 459 g/mol. The zero-order valence-electron chi connectivity index (χ0n) is 18.3. The highest BCUT2D eigenvalue weighted by Gasteiger charge is 2.58. The Balaban J connectivity index is 1.67. The number of rotatable bonds is 4. The maximum absolute atomic E-state index is 13.9. The minimum Gasteiger partial charge on any atom is -0.376 e. The molecule has 3 unspecified atom stereocenters. The lowest BCUT2D eigenvalue weighted by Gasteiger charge is -2.34. The van der Waals surface area contributed by atoms with E-state index in [0.717, 1.165) is 10.7 Å². The van der Waals surface area contributed by atoms with E-state index in [2.05, 4.69) is 16.1 Å². The molecule has 3 atom stereocenters. The molecular formula is C23H24F3N5O2. The number of para-hydroxylation sites is 2. The molecule has 2 amide bonds. The van der Waals surface area contributed by atoms with Crippen molar-refractivity contribution in [3.8, 4) is 0 Å². The first-order valence-corrected chi connectivity index (χ1v) is 10.4. The van der Waals surface area contributed by atoms with Gasteiger partial charge in [0.1, 0.15) is 17.8 Å². The number of anilines is 2. The molecule has 33 heavy (non-hydrogen) atoms. The van der Waals surface area contributed by atoms with Crippen LogP contribution in [-0.4, -0.2) is 49.3 Å². The van der Waals surface area contributed by atoms with Crippen LogP contribution < -0.4 is 21.0 Å². The predicted octanol–water partition coefficient (Wildman–Crippen LogP) is 2.96. The summed E-state index contributed by atoms with van der Waals surface area (Å²) in [6.45, 7) is 1.52. The van der Waals surface area contributed by atoms with E-state index >= 15 is 0 Å². The molecule has 174 valence electrons. The molecule has 1 fully saturated rings. The van der Waals surface area contributed by atoms with Crippen molar-refractivity contribution in [1.29, 1.82) is 0 Å². The van der Waals surface area contributed by atoms with E-state index in [-0.39, 0.29) is 11.3 Å². The molecule has 0 spiro atoms. The minimum atomic E-state index is -4.61. The van der Waals surface area contributed by atoms with E-state index in [4.69, 9.17) is 0 Å². The maximum atomic E-state index is 13.9. The zero-order valence-corrected chi connectivity index (χ0v) is 18.3. The Kier molecular flexibility index (Phi) is 5.79. The normalized spacial score (nSPS) is 22.7. The van der Waals surface area contributed by atoms with Gasteiger partial charge in [0.2, 0.25) is 0 Å². The third-order valence-corrected chi connectivity index (χ3v) is 5.83. The molecule has 7 nitrogen and oxygen atoms in total. The molecule has 0 bridgehead atoms. The van der Waals surface area contributed by atoms with E-state index in [9.17, 15) is 22.8 Å². The number of nitrogens with one attached hydrogen (secondary N) is 3. The quantitative estimate of drug-likeness (QED) is 0.613. The first-order chi connectivity index (χ1) is 15.6. The van der Waals surface area contributed by atoms with Crippen LogP contribution in [0.15, 0.2) is 65.9 Å². The summed E-state index contributed by atoms with van der Waals surface area (Å²) in [5.74, 6) is -2.61. The Hall–Kier alpha value is -3.53. The van der Waals surface area contributed by atoms with Gasteiger partial charge >= 0.3 is 6.18 Å². The first-order valence-electron chi connectivity index (χ1n) is 10.4. The Labute approximate surface area is 189 Å². The Morgan fingerprint density at radius 1 is 1.06 bits per heavy atom. The number of allylic oxidation sites excluding steroid dienone is 1. The number of alkyl halides is 3. The lowest BCUT2D eigenvalue weighted by Crippen LogP contribution is -2.56. The highest BCUT2D eigenvalue weighted by molar-refractivity contribution is 6.24. The van der Waals surface area contributed by atoms with Gasteiger partial charge in [-0.2, -0.15) is 13.2 Å². The van der Waals surface area contributed by atoms with Crippen LogP contribution >= 0.6 is 0 Å². The van der Waals surface area contributed by atoms with E-state index in [1.807, 2.05) is 20.2 Å². The van der Waals surface area contributed by atoms with Crippen molar-refractivity contribution in [1.82, 2.24) is 15.8 Å². The summed E-state index contributed by atoms with van der Waals surface area (Å²) >= 11 is 0. The first kappa shape index (κ1) is 22.7. The standard InChI is InChI=1S/C23H24F3N5O2/c1-13-17(21(32)28-15-11-7-8-12-16(15)30(2)3)22(33)31-20(27-13)18(14-9-5-4-6-10-14)19(29-31)23(24,25)26/h4-12,18-20,27,29H,1-3H3,(H,28,32). The van der Waals surface area contributed by atoms with Crippen LogP contribution in [0, 0.1) is 0 Å². The van der Waals surface area contributed by atoms with Crippen molar-refractivity contribution in [3.05, 3.63) is 71.4 Å². The topological polar surface area (TPSA) is 76.7 Å². The number of carbonyl (C=O) groups is 2. The molecule has 2 aliphatic heterocycles. The molecule has 10 heteroatoms. The lowest BCUT2D eigenvalue weighted by molar-refractivity contribution is -0.161. The number of hydrogen-bond acceptors (Lipinski definition) is 5. The molecule has 0 aliphatic carbocycles. The number of halogens is 3. The van der Waals surface area contributed by atoms with Crippen molar-refractivity contribution in [2.45, 2.75) is 31.2 Å². The molecule has 2 aromatic rings. The second-order valence-corrected chi connectivity index (χ2v) is 8.21. The summed E-state index contributed by atoms with van der Waals surface area (Å²) in [6.07, 6.45) is -5.61. The minimum absolute atomic E-state index is 0.214. The van der Waals surface area contributed by atoms with Gasteiger partial charge in [-0.25, -0.2) is 10.4 Å². The molecule has 2 aromatic carbocycles. The number of carbonyl (C=O) groups excluding carboxylic acids is 2. The van der Waals surface area contributed by atoms with Gasteiger partial charge in [-0.15, -0.1) is 0 Å². The molecule has 0 saturated carbocycles. The van der Waals surface area contributed by atoms with Gasteiger partial charge in [-0.05, 0) is 24.6 Å². The fourth-order valence-corrected chi connectivity index (χ4v) is 4.32. The number of hydrazine groups is 1. The Morgan fingerprint density at radius 3 is 2.33 bits per heavy atom. The summed E-state index contributed by atoms with van der Waals surface area (Å²) in [7, 11) is 3.62. The number of amides is 2. The van der Waals surface area contributed by atoms with Crippen LogP contribution in [0.5, 0.6) is 0 Å². The highest BCUT2D eigenvalue weighted by Crippen LogP contribution is 2.41. The maximum Gasteiger partial charge on any atom is 0.406 e. The van der Waals surface area contributed by atoms with Crippen LogP contribution in [0.4, 0.5) is 24.5 Å². The largest absolute Gasteiger partial charge is 0.406 e. The Bertz CT molecular complexity index is 1100. The molecular weight excluding hydrogens is 435 g/mol. The van der Waals surface area contributed by atoms with Crippen LogP contribution in [-0.2, 0) is 9.59 Å². The Morgan fingerprint density at radius 2 is 1.70 bits per heavy atom. The summed E-state index contributed by atoms with van der Waals surface area (Å²) in [4.78, 5) is 28.1. The second-order valence-electron chi connectivity index (χ2n) is 8.21. The van der Waals surface area contributed by atoms with Crippen molar-refractivity contribution in [2.75, 3.05) is 24.3 Å². The average Bonchev–Trinajstić information content (AvgIpc) is 3.15. The van der Waals surface area contributed by atoms with Crippen molar-refractivity contribution >= 4 is 23.2 Å². The van der Waals surface area contributed by atoms with Crippen LogP contribution in [0.1, 0.15) is 18.4 Å². The molecule has 0 radical (unpaired) electrons. The van der Waals surface area contributed by atoms with Gasteiger partial charge in [-0.3, -0.25) is 9.59 Å². The van der Waals surface area contributed by atoms with Crippen LogP contribution in [0.2, 0.25) is 0 Å². The molecule has 4 rings (SSSR count). The lowest BCUT2D eigenvalue weighted by atomic mass is 9.89. The summed E-state index contributed by atoms with van der Waals surface area (Å²) in [5.41, 5.74) is 3.90. The van der Waals surface area contributed by atoms with Gasteiger partial charge < -0.3 is 15.5 Å². The van der Waals surface area contributed by atoms with Gasteiger partial charge in [0.15, 0.2) is 0 Å². The highest BCUT2D eigenvalue weighted by atomic mass is 19.4. The fraction of sp³-hybridized carbons (Fsp3) is 0.304. The van der Waals surface area contributed by atoms with Gasteiger partial charge in [0.05, 0.1) is 17.3 Å². The van der Waals surface area contributed by atoms with Gasteiger partial charge in [0.25, 0.3) is 11.8 Å². The monoisotopic (exact) mass is 459 g/mol. The van der Waals surface area contributed by atoms with Crippen LogP contribution in [0.25, 0.3) is 0 Å².